The van der Waals surface area contributed by atoms with E-state index in [2.05, 4.69) is 15.0 Å². The molecular weight excluding hydrogens is 371 g/mol. The molecule has 0 aliphatic rings. The first-order valence-corrected chi connectivity index (χ1v) is 8.43. The van der Waals surface area contributed by atoms with Gasteiger partial charge in [-0.15, -0.1) is 0 Å². The van der Waals surface area contributed by atoms with Crippen molar-refractivity contribution in [1.82, 2.24) is 20.3 Å². The molecule has 0 fully saturated rings. The Labute approximate surface area is 159 Å². The minimum absolute atomic E-state index is 0.0770. The molecule has 0 aliphatic heterocycles. The van der Waals surface area contributed by atoms with Gasteiger partial charge >= 0.3 is 6.18 Å². The van der Waals surface area contributed by atoms with Gasteiger partial charge in [-0.2, -0.15) is 13.2 Å². The number of hydrogen-bond donors (Lipinski definition) is 2. The average molecular weight is 389 g/mol. The quantitative estimate of drug-likeness (QED) is 0.714. The van der Waals surface area contributed by atoms with E-state index in [1.807, 2.05) is 18.3 Å². The summed E-state index contributed by atoms with van der Waals surface area (Å²) in [7, 11) is 0. The third-order valence-electron chi connectivity index (χ3n) is 4.30. The van der Waals surface area contributed by atoms with Crippen LogP contribution in [0, 0.1) is 13.8 Å². The Morgan fingerprint density at radius 2 is 1.79 bits per heavy atom. The molecule has 2 heterocycles. The van der Waals surface area contributed by atoms with Crippen LogP contribution in [0.1, 0.15) is 28.4 Å². The molecule has 146 valence electrons. The van der Waals surface area contributed by atoms with Gasteiger partial charge in [0.1, 0.15) is 6.04 Å². The monoisotopic (exact) mass is 389 g/mol. The first kappa shape index (κ1) is 19.5. The summed E-state index contributed by atoms with van der Waals surface area (Å²) >= 11 is 0. The van der Waals surface area contributed by atoms with E-state index in [4.69, 9.17) is 5.73 Å². The maximum atomic E-state index is 12.9. The number of amides is 1. The lowest BCUT2D eigenvalue weighted by atomic mass is 9.98. The molecule has 0 saturated heterocycles. The summed E-state index contributed by atoms with van der Waals surface area (Å²) in [5.41, 5.74) is 8.61. The number of carbonyl (C=O) groups excluding carboxylic acids is 1. The first-order valence-electron chi connectivity index (χ1n) is 8.43. The summed E-state index contributed by atoms with van der Waals surface area (Å²) in [4.78, 5) is 25.1. The Hall–Kier alpha value is -3.23. The number of anilines is 1. The third-order valence-corrected chi connectivity index (χ3v) is 4.30. The number of hydrogen-bond acceptors (Lipinski definition) is 5. The van der Waals surface area contributed by atoms with Crippen molar-refractivity contribution >= 4 is 22.8 Å². The molecule has 28 heavy (non-hydrogen) atoms. The van der Waals surface area contributed by atoms with Crippen LogP contribution >= 0.6 is 0 Å². The standard InChI is InChI=1S/C19H18F3N5O/c1-9-4-10(2)16-13(17(28)26-11(3)19(20,21)22)6-14(27-15(16)5-9)12-7-24-18(23)25-8-12/h4-8,11H,1-3H3,(H,26,28)(H2,23,24,25). The van der Waals surface area contributed by atoms with Crippen molar-refractivity contribution < 1.29 is 18.0 Å². The molecule has 1 aromatic carbocycles. The van der Waals surface area contributed by atoms with Gasteiger partial charge in [0, 0.05) is 23.3 Å². The minimum Gasteiger partial charge on any atom is -0.368 e. The number of nitrogens with one attached hydrogen (secondary N) is 1. The molecule has 3 N–H and O–H groups in total. The molecule has 2 aromatic heterocycles. The number of nitrogens with zero attached hydrogens (tertiary/aromatic N) is 3. The fourth-order valence-electron chi connectivity index (χ4n) is 2.91. The van der Waals surface area contributed by atoms with E-state index in [1.54, 1.807) is 13.0 Å². The summed E-state index contributed by atoms with van der Waals surface area (Å²) in [6.45, 7) is 4.55. The maximum absolute atomic E-state index is 12.9. The largest absolute Gasteiger partial charge is 0.408 e. The van der Waals surface area contributed by atoms with Crippen LogP contribution in [0.5, 0.6) is 0 Å². The number of aryl methyl sites for hydroxylation is 2. The Morgan fingerprint density at radius 3 is 2.39 bits per heavy atom. The second-order valence-electron chi connectivity index (χ2n) is 6.60. The number of pyridine rings is 1. The van der Waals surface area contributed by atoms with E-state index < -0.39 is 18.1 Å². The summed E-state index contributed by atoms with van der Waals surface area (Å²) in [5.74, 6) is -0.755. The second-order valence-corrected chi connectivity index (χ2v) is 6.60. The number of aromatic nitrogens is 3. The normalized spacial score (nSPS) is 12.8. The fraction of sp³-hybridized carbons (Fsp3) is 0.263. The van der Waals surface area contributed by atoms with Crippen molar-refractivity contribution in [3.8, 4) is 11.3 Å². The van der Waals surface area contributed by atoms with E-state index in [-0.39, 0.29) is 11.5 Å². The lowest BCUT2D eigenvalue weighted by Crippen LogP contribution is -2.43. The van der Waals surface area contributed by atoms with Gasteiger partial charge in [-0.1, -0.05) is 6.07 Å². The van der Waals surface area contributed by atoms with E-state index >= 15 is 0 Å². The molecule has 3 rings (SSSR count). The van der Waals surface area contributed by atoms with Gasteiger partial charge < -0.3 is 11.1 Å². The molecule has 0 spiro atoms. The van der Waals surface area contributed by atoms with E-state index in [0.29, 0.717) is 22.2 Å². The SMILES string of the molecule is Cc1cc(C)c2c(C(=O)NC(C)C(F)(F)F)cc(-c3cnc(N)nc3)nc2c1. The Bertz CT molecular complexity index is 1050. The predicted octanol–water partition coefficient (Wildman–Crippen LogP) is 3.57. The summed E-state index contributed by atoms with van der Waals surface area (Å²) in [5, 5.41) is 2.51. The Morgan fingerprint density at radius 1 is 1.14 bits per heavy atom. The van der Waals surface area contributed by atoms with Crippen LogP contribution < -0.4 is 11.1 Å². The maximum Gasteiger partial charge on any atom is 0.408 e. The lowest BCUT2D eigenvalue weighted by Gasteiger charge is -2.19. The molecule has 0 radical (unpaired) electrons. The number of nitrogens with two attached hydrogens (primary N) is 1. The topological polar surface area (TPSA) is 93.8 Å². The van der Waals surface area contributed by atoms with Crippen molar-refractivity contribution in [3.05, 3.63) is 47.3 Å². The predicted molar refractivity (Wildman–Crippen MR) is 99.6 cm³/mol. The Kier molecular flexibility index (Phi) is 4.93. The molecule has 9 heteroatoms. The number of benzene rings is 1. The van der Waals surface area contributed by atoms with Gasteiger partial charge in [-0.05, 0) is 44.0 Å². The van der Waals surface area contributed by atoms with Crippen LogP contribution in [0.15, 0.2) is 30.6 Å². The zero-order chi connectivity index (χ0) is 20.6. The number of nitrogen functional groups attached to an aromatic ring is 1. The van der Waals surface area contributed by atoms with Crippen LogP contribution in [0.3, 0.4) is 0 Å². The van der Waals surface area contributed by atoms with Crippen molar-refractivity contribution in [2.75, 3.05) is 5.73 Å². The smallest absolute Gasteiger partial charge is 0.368 e. The number of fused-ring (bicyclic) bond motifs is 1. The zero-order valence-corrected chi connectivity index (χ0v) is 15.4. The van der Waals surface area contributed by atoms with Gasteiger partial charge in [0.15, 0.2) is 0 Å². The average Bonchev–Trinajstić information content (AvgIpc) is 2.60. The molecule has 1 amide bonds. The number of rotatable bonds is 3. The van der Waals surface area contributed by atoms with Crippen molar-refractivity contribution in [2.45, 2.75) is 33.0 Å². The molecule has 3 aromatic rings. The molecule has 1 unspecified atom stereocenters. The highest BCUT2D eigenvalue weighted by molar-refractivity contribution is 6.08. The fourth-order valence-corrected chi connectivity index (χ4v) is 2.91. The number of carbonyl (C=O) groups is 1. The highest BCUT2D eigenvalue weighted by atomic mass is 19.4. The summed E-state index contributed by atoms with van der Waals surface area (Å²) < 4.78 is 38.7. The van der Waals surface area contributed by atoms with Crippen LogP contribution in [0.4, 0.5) is 19.1 Å². The molecular formula is C19H18F3N5O. The van der Waals surface area contributed by atoms with Crippen LogP contribution in [0.25, 0.3) is 22.2 Å². The Balaban J connectivity index is 2.18. The zero-order valence-electron chi connectivity index (χ0n) is 15.4. The number of halogens is 3. The van der Waals surface area contributed by atoms with E-state index in [0.717, 1.165) is 18.1 Å². The minimum atomic E-state index is -4.54. The first-order chi connectivity index (χ1) is 13.1. The molecule has 6 nitrogen and oxygen atoms in total. The molecule has 0 bridgehead atoms. The van der Waals surface area contributed by atoms with Gasteiger partial charge in [0.25, 0.3) is 5.91 Å². The van der Waals surface area contributed by atoms with E-state index in [9.17, 15) is 18.0 Å². The molecule has 1 atom stereocenters. The van der Waals surface area contributed by atoms with Crippen molar-refractivity contribution in [1.29, 1.82) is 0 Å². The van der Waals surface area contributed by atoms with Gasteiger partial charge in [0.2, 0.25) is 5.95 Å². The molecule has 0 aliphatic carbocycles. The van der Waals surface area contributed by atoms with Gasteiger partial charge in [-0.3, -0.25) is 4.79 Å². The van der Waals surface area contributed by atoms with Crippen molar-refractivity contribution in [2.24, 2.45) is 0 Å². The number of alkyl halides is 3. The van der Waals surface area contributed by atoms with Crippen LogP contribution in [-0.2, 0) is 0 Å². The summed E-state index contributed by atoms with van der Waals surface area (Å²) in [6.07, 6.45) is -1.66. The van der Waals surface area contributed by atoms with Crippen LogP contribution in [0.2, 0.25) is 0 Å². The molecule has 0 saturated carbocycles. The van der Waals surface area contributed by atoms with Crippen LogP contribution in [-0.4, -0.2) is 33.1 Å². The van der Waals surface area contributed by atoms with E-state index in [1.165, 1.54) is 18.5 Å². The highest BCUT2D eigenvalue weighted by Crippen LogP contribution is 2.28. The second kappa shape index (κ2) is 7.06. The van der Waals surface area contributed by atoms with Crippen molar-refractivity contribution in [3.63, 3.8) is 0 Å². The highest BCUT2D eigenvalue weighted by Gasteiger charge is 2.37. The van der Waals surface area contributed by atoms with Gasteiger partial charge in [0.05, 0.1) is 16.8 Å². The summed E-state index contributed by atoms with van der Waals surface area (Å²) in [6, 6.07) is 3.07. The lowest BCUT2D eigenvalue weighted by molar-refractivity contribution is -0.149. The van der Waals surface area contributed by atoms with Gasteiger partial charge in [-0.25, -0.2) is 15.0 Å². The third kappa shape index (κ3) is 3.88.